The number of phenolic OH excluding ortho intramolecular Hbond substituents is 1. The smallest absolute Gasteiger partial charge is 0.320 e. The Balaban J connectivity index is 1.58. The van der Waals surface area contributed by atoms with E-state index in [0.29, 0.717) is 13.3 Å². The molecule has 0 saturated carbocycles. The largest absolute Gasteiger partial charge is 0.508 e. The molecular weight excluding hydrogens is 294 g/mol. The van der Waals surface area contributed by atoms with Crippen LogP contribution in [0, 0.1) is 0 Å². The molecule has 1 aliphatic rings. The Morgan fingerprint density at radius 1 is 1.17 bits per heavy atom. The molecule has 1 aliphatic heterocycles. The van der Waals surface area contributed by atoms with Crippen molar-refractivity contribution in [1.29, 1.82) is 0 Å². The predicted molar refractivity (Wildman–Crippen MR) is 84.6 cm³/mol. The third-order valence-electron chi connectivity index (χ3n) is 3.84. The second kappa shape index (κ2) is 7.26. The second-order valence-corrected chi connectivity index (χ2v) is 5.47. The van der Waals surface area contributed by atoms with Crippen LogP contribution in [0.1, 0.15) is 17.2 Å². The number of ether oxygens (including phenoxy) is 2. The Morgan fingerprint density at radius 2 is 1.91 bits per heavy atom. The number of rotatable bonds is 5. The maximum absolute atomic E-state index is 12.1. The van der Waals surface area contributed by atoms with Gasteiger partial charge in [-0.25, -0.2) is 0 Å². The zero-order chi connectivity index (χ0) is 16.1. The van der Waals surface area contributed by atoms with E-state index >= 15 is 0 Å². The molecule has 1 atom stereocenters. The lowest BCUT2D eigenvalue weighted by Gasteiger charge is -2.22. The maximum Gasteiger partial charge on any atom is 0.320 e. The first kappa shape index (κ1) is 15.5. The monoisotopic (exact) mass is 313 g/mol. The highest BCUT2D eigenvalue weighted by molar-refractivity contribution is 5.71. The molecule has 3 rings (SSSR count). The van der Waals surface area contributed by atoms with Gasteiger partial charge in [-0.2, -0.15) is 0 Å². The standard InChI is InChI=1S/C18H19NO4/c20-17-9-5-4-8-15(17)16-12-22-13-19(16)10-18(21)23-11-14-6-2-1-3-7-14/h1-9,16,20H,10-13H2/t16-/m1/s1. The molecule has 1 fully saturated rings. The Morgan fingerprint density at radius 3 is 2.70 bits per heavy atom. The van der Waals surface area contributed by atoms with Crippen LogP contribution >= 0.6 is 0 Å². The summed E-state index contributed by atoms with van der Waals surface area (Å²) in [5, 5.41) is 9.98. The van der Waals surface area contributed by atoms with E-state index in [1.54, 1.807) is 12.1 Å². The molecule has 0 amide bonds. The Labute approximate surface area is 135 Å². The van der Waals surface area contributed by atoms with Crippen LogP contribution in [0.2, 0.25) is 0 Å². The number of carbonyl (C=O) groups excluding carboxylic acids is 1. The van der Waals surface area contributed by atoms with Gasteiger partial charge in [0.15, 0.2) is 0 Å². The highest BCUT2D eigenvalue weighted by Crippen LogP contribution is 2.31. The Hall–Kier alpha value is -2.37. The molecule has 23 heavy (non-hydrogen) atoms. The molecule has 0 aliphatic carbocycles. The summed E-state index contributed by atoms with van der Waals surface area (Å²) >= 11 is 0. The van der Waals surface area contributed by atoms with Crippen molar-refractivity contribution in [2.75, 3.05) is 19.9 Å². The number of hydrogen-bond donors (Lipinski definition) is 1. The second-order valence-electron chi connectivity index (χ2n) is 5.47. The van der Waals surface area contributed by atoms with Crippen molar-refractivity contribution < 1.29 is 19.4 Å². The lowest BCUT2D eigenvalue weighted by molar-refractivity contribution is -0.146. The van der Waals surface area contributed by atoms with Crippen molar-refractivity contribution in [2.24, 2.45) is 0 Å². The SMILES string of the molecule is O=C(CN1COC[C@@H]1c1ccccc1O)OCc1ccccc1. The van der Waals surface area contributed by atoms with Gasteiger partial charge >= 0.3 is 5.97 Å². The number of carbonyl (C=O) groups is 1. The van der Waals surface area contributed by atoms with Gasteiger partial charge in [0, 0.05) is 5.56 Å². The van der Waals surface area contributed by atoms with Crippen LogP contribution in [0.4, 0.5) is 0 Å². The van der Waals surface area contributed by atoms with Gasteiger partial charge < -0.3 is 14.6 Å². The van der Waals surface area contributed by atoms with Crippen LogP contribution in [0.15, 0.2) is 54.6 Å². The summed E-state index contributed by atoms with van der Waals surface area (Å²) in [6.07, 6.45) is 0. The molecule has 0 bridgehead atoms. The number of aromatic hydroxyl groups is 1. The van der Waals surface area contributed by atoms with Crippen LogP contribution in [-0.2, 0) is 20.9 Å². The molecule has 120 valence electrons. The van der Waals surface area contributed by atoms with E-state index in [0.717, 1.165) is 11.1 Å². The molecule has 1 N–H and O–H groups in total. The minimum absolute atomic E-state index is 0.131. The Kier molecular flexibility index (Phi) is 4.90. The summed E-state index contributed by atoms with van der Waals surface area (Å²) in [5.41, 5.74) is 1.72. The van der Waals surface area contributed by atoms with Crippen molar-refractivity contribution in [1.82, 2.24) is 4.90 Å². The van der Waals surface area contributed by atoms with Crippen LogP contribution in [0.3, 0.4) is 0 Å². The quantitative estimate of drug-likeness (QED) is 0.859. The summed E-state index contributed by atoms with van der Waals surface area (Å²) in [6.45, 7) is 1.18. The van der Waals surface area contributed by atoms with Gasteiger partial charge in [0.1, 0.15) is 19.1 Å². The fourth-order valence-corrected chi connectivity index (χ4v) is 2.64. The number of esters is 1. The van der Waals surface area contributed by atoms with Crippen molar-refractivity contribution in [3.05, 3.63) is 65.7 Å². The molecule has 1 saturated heterocycles. The fourth-order valence-electron chi connectivity index (χ4n) is 2.64. The lowest BCUT2D eigenvalue weighted by Crippen LogP contribution is -2.31. The minimum atomic E-state index is -0.306. The van der Waals surface area contributed by atoms with Crippen molar-refractivity contribution in [3.63, 3.8) is 0 Å². The van der Waals surface area contributed by atoms with Gasteiger partial charge in [-0.05, 0) is 11.6 Å². The van der Waals surface area contributed by atoms with E-state index < -0.39 is 0 Å². The van der Waals surface area contributed by atoms with Gasteiger partial charge in [0.2, 0.25) is 0 Å². The number of nitrogens with zero attached hydrogens (tertiary/aromatic N) is 1. The number of para-hydroxylation sites is 1. The first-order valence-corrected chi connectivity index (χ1v) is 7.53. The zero-order valence-corrected chi connectivity index (χ0v) is 12.7. The topological polar surface area (TPSA) is 59.0 Å². The van der Waals surface area contributed by atoms with Crippen LogP contribution < -0.4 is 0 Å². The van der Waals surface area contributed by atoms with E-state index in [1.807, 2.05) is 47.4 Å². The molecule has 0 unspecified atom stereocenters. The van der Waals surface area contributed by atoms with Crippen LogP contribution in [0.25, 0.3) is 0 Å². The third kappa shape index (κ3) is 3.88. The average Bonchev–Trinajstić information content (AvgIpc) is 3.02. The van der Waals surface area contributed by atoms with E-state index in [9.17, 15) is 9.90 Å². The number of phenols is 1. The molecule has 0 radical (unpaired) electrons. The fraction of sp³-hybridized carbons (Fsp3) is 0.278. The number of benzene rings is 2. The first-order valence-electron chi connectivity index (χ1n) is 7.53. The average molecular weight is 313 g/mol. The lowest BCUT2D eigenvalue weighted by atomic mass is 10.1. The van der Waals surface area contributed by atoms with Crippen molar-refractivity contribution in [2.45, 2.75) is 12.6 Å². The van der Waals surface area contributed by atoms with E-state index in [2.05, 4.69) is 0 Å². The van der Waals surface area contributed by atoms with E-state index in [-0.39, 0.29) is 30.9 Å². The highest BCUT2D eigenvalue weighted by Gasteiger charge is 2.30. The maximum atomic E-state index is 12.1. The van der Waals surface area contributed by atoms with E-state index in [1.165, 1.54) is 0 Å². The highest BCUT2D eigenvalue weighted by atomic mass is 16.5. The summed E-state index contributed by atoms with van der Waals surface area (Å²) in [7, 11) is 0. The molecular formula is C18H19NO4. The van der Waals surface area contributed by atoms with Crippen molar-refractivity contribution in [3.8, 4) is 5.75 Å². The normalized spacial score (nSPS) is 18.0. The van der Waals surface area contributed by atoms with E-state index in [4.69, 9.17) is 9.47 Å². The Bertz CT molecular complexity index is 659. The molecule has 5 heteroatoms. The molecule has 0 aromatic heterocycles. The summed E-state index contributed by atoms with van der Waals surface area (Å²) in [6, 6.07) is 16.5. The molecule has 0 spiro atoms. The summed E-state index contributed by atoms with van der Waals surface area (Å²) in [5.74, 6) is -0.0922. The molecule has 1 heterocycles. The predicted octanol–water partition coefficient (Wildman–Crippen LogP) is 2.47. The summed E-state index contributed by atoms with van der Waals surface area (Å²) < 4.78 is 10.8. The van der Waals surface area contributed by atoms with Gasteiger partial charge in [0.25, 0.3) is 0 Å². The molecule has 2 aromatic carbocycles. The van der Waals surface area contributed by atoms with Gasteiger partial charge in [-0.15, -0.1) is 0 Å². The molecule has 2 aromatic rings. The first-order chi connectivity index (χ1) is 11.2. The van der Waals surface area contributed by atoms with Gasteiger partial charge in [-0.1, -0.05) is 48.5 Å². The summed E-state index contributed by atoms with van der Waals surface area (Å²) in [4.78, 5) is 13.9. The van der Waals surface area contributed by atoms with Gasteiger partial charge in [-0.3, -0.25) is 9.69 Å². The zero-order valence-electron chi connectivity index (χ0n) is 12.7. The van der Waals surface area contributed by atoms with Crippen molar-refractivity contribution >= 4 is 5.97 Å². The number of hydrogen-bond acceptors (Lipinski definition) is 5. The minimum Gasteiger partial charge on any atom is -0.508 e. The van der Waals surface area contributed by atoms with Gasteiger partial charge in [0.05, 0.1) is 19.2 Å². The van der Waals surface area contributed by atoms with Crippen LogP contribution in [-0.4, -0.2) is 35.9 Å². The molecule has 5 nitrogen and oxygen atoms in total. The third-order valence-corrected chi connectivity index (χ3v) is 3.84. The van der Waals surface area contributed by atoms with Crippen LogP contribution in [0.5, 0.6) is 5.75 Å².